The van der Waals surface area contributed by atoms with Gasteiger partial charge in [0.25, 0.3) is 5.91 Å². The number of halogens is 2. The minimum absolute atomic E-state index is 0.00366. The number of nitrogens with two attached hydrogens (primary N) is 1. The number of amidine groups is 1. The van der Waals surface area contributed by atoms with Gasteiger partial charge in [-0.25, -0.2) is 9.38 Å². The zero-order valence-corrected chi connectivity index (χ0v) is 14.9. The van der Waals surface area contributed by atoms with Crippen LogP contribution in [0.15, 0.2) is 47.5 Å². The maximum atomic E-state index is 13.1. The number of carbonyl (C=O) groups excluding carboxylic acids is 1. The summed E-state index contributed by atoms with van der Waals surface area (Å²) in [7, 11) is 3.42. The highest BCUT2D eigenvalue weighted by Gasteiger charge is 2.08. The van der Waals surface area contributed by atoms with Gasteiger partial charge in [-0.05, 0) is 35.9 Å². The molecular weight excluding hydrogens is 349 g/mol. The minimum atomic E-state index is -0.496. The number of nitrogens with zero attached hydrogens (tertiary/aromatic N) is 2. The van der Waals surface area contributed by atoms with E-state index in [4.69, 9.17) is 17.3 Å². The predicted molar refractivity (Wildman–Crippen MR) is 98.4 cm³/mol. The number of thioether (sulfide) groups is 1. The fourth-order valence-electron chi connectivity index (χ4n) is 1.92. The topological polar surface area (TPSA) is 58.7 Å². The summed E-state index contributed by atoms with van der Waals surface area (Å²) in [5.74, 6) is 0.0207. The fourth-order valence-corrected chi connectivity index (χ4v) is 2.76. The number of benzene rings is 2. The first-order valence-electron chi connectivity index (χ1n) is 7.09. The Bertz CT molecular complexity index is 780. The summed E-state index contributed by atoms with van der Waals surface area (Å²) >= 11 is 7.04. The van der Waals surface area contributed by atoms with Gasteiger partial charge in [0.1, 0.15) is 5.82 Å². The lowest BCUT2D eigenvalue weighted by molar-refractivity contribution is 0.0827. The monoisotopic (exact) mass is 365 g/mol. The van der Waals surface area contributed by atoms with Crippen molar-refractivity contribution in [3.63, 3.8) is 0 Å². The van der Waals surface area contributed by atoms with E-state index in [9.17, 15) is 9.18 Å². The minimum Gasteiger partial charge on any atom is -0.378 e. The van der Waals surface area contributed by atoms with Gasteiger partial charge < -0.3 is 10.6 Å². The average Bonchev–Trinajstić information content (AvgIpc) is 2.56. The molecule has 0 atom stereocenters. The van der Waals surface area contributed by atoms with E-state index in [-0.39, 0.29) is 10.9 Å². The van der Waals surface area contributed by atoms with Crippen molar-refractivity contribution >= 4 is 40.1 Å². The molecular formula is C17H17ClFN3OS. The van der Waals surface area contributed by atoms with Crippen molar-refractivity contribution in [1.82, 2.24) is 4.90 Å². The highest BCUT2D eigenvalue weighted by Crippen LogP contribution is 2.23. The number of hydrogen-bond acceptors (Lipinski definition) is 3. The Hall–Kier alpha value is -2.05. The summed E-state index contributed by atoms with van der Waals surface area (Å²) in [4.78, 5) is 17.7. The van der Waals surface area contributed by atoms with Crippen molar-refractivity contribution in [3.05, 3.63) is 64.4 Å². The van der Waals surface area contributed by atoms with E-state index in [1.165, 1.54) is 34.9 Å². The fraction of sp³-hybridized carbons (Fsp3) is 0.176. The highest BCUT2D eigenvalue weighted by atomic mass is 35.5. The molecule has 24 heavy (non-hydrogen) atoms. The Morgan fingerprint density at radius 3 is 2.71 bits per heavy atom. The van der Waals surface area contributed by atoms with Gasteiger partial charge in [-0.15, -0.1) is 0 Å². The first-order chi connectivity index (χ1) is 11.4. The molecule has 7 heteroatoms. The lowest BCUT2D eigenvalue weighted by Gasteiger charge is -2.11. The van der Waals surface area contributed by atoms with Crippen LogP contribution in [-0.4, -0.2) is 30.1 Å². The van der Waals surface area contributed by atoms with Crippen molar-refractivity contribution in [1.29, 1.82) is 0 Å². The maximum absolute atomic E-state index is 13.1. The lowest BCUT2D eigenvalue weighted by atomic mass is 10.1. The van der Waals surface area contributed by atoms with E-state index < -0.39 is 5.82 Å². The van der Waals surface area contributed by atoms with Gasteiger partial charge in [0.2, 0.25) is 0 Å². The van der Waals surface area contributed by atoms with Gasteiger partial charge in [0, 0.05) is 25.4 Å². The molecule has 0 spiro atoms. The van der Waals surface area contributed by atoms with E-state index in [1.54, 1.807) is 20.2 Å². The van der Waals surface area contributed by atoms with E-state index in [1.807, 2.05) is 18.2 Å². The van der Waals surface area contributed by atoms with Crippen LogP contribution >= 0.6 is 23.4 Å². The van der Waals surface area contributed by atoms with Crippen LogP contribution in [0.4, 0.5) is 10.1 Å². The van der Waals surface area contributed by atoms with E-state index in [0.29, 0.717) is 22.2 Å². The van der Waals surface area contributed by atoms with Crippen molar-refractivity contribution < 1.29 is 9.18 Å². The second-order valence-corrected chi connectivity index (χ2v) is 6.64. The molecule has 0 bridgehead atoms. The van der Waals surface area contributed by atoms with Gasteiger partial charge in [-0.3, -0.25) is 4.79 Å². The molecule has 0 aliphatic carbocycles. The molecule has 2 N–H and O–H groups in total. The SMILES string of the molecule is CN(C)C(=O)c1cccc(CSC(N)=Nc2ccc(F)c(Cl)c2)c1. The van der Waals surface area contributed by atoms with Crippen LogP contribution in [0, 0.1) is 5.82 Å². The first kappa shape index (κ1) is 18.3. The molecule has 126 valence electrons. The number of hydrogen-bond donors (Lipinski definition) is 1. The molecule has 0 aliphatic rings. The molecule has 0 aromatic heterocycles. The van der Waals surface area contributed by atoms with Crippen molar-refractivity contribution in [2.75, 3.05) is 14.1 Å². The third-order valence-corrected chi connectivity index (χ3v) is 4.26. The molecule has 0 heterocycles. The third kappa shape index (κ3) is 4.97. The second kappa shape index (κ2) is 8.17. The quantitative estimate of drug-likeness (QED) is 0.656. The number of amides is 1. The zero-order valence-electron chi connectivity index (χ0n) is 13.3. The predicted octanol–water partition coefficient (Wildman–Crippen LogP) is 4.06. The van der Waals surface area contributed by atoms with Gasteiger partial charge in [0.15, 0.2) is 5.17 Å². The lowest BCUT2D eigenvalue weighted by Crippen LogP contribution is -2.21. The van der Waals surface area contributed by atoms with Crippen LogP contribution in [0.25, 0.3) is 0 Å². The van der Waals surface area contributed by atoms with Crippen molar-refractivity contribution in [2.45, 2.75) is 5.75 Å². The van der Waals surface area contributed by atoms with Crippen LogP contribution in [0.1, 0.15) is 15.9 Å². The highest BCUT2D eigenvalue weighted by molar-refractivity contribution is 8.13. The molecule has 2 aromatic carbocycles. The van der Waals surface area contributed by atoms with Crippen molar-refractivity contribution in [3.8, 4) is 0 Å². The summed E-state index contributed by atoms with van der Waals surface area (Å²) in [5, 5.41) is 0.339. The summed E-state index contributed by atoms with van der Waals surface area (Å²) < 4.78 is 13.1. The second-order valence-electron chi connectivity index (χ2n) is 5.24. The Kier molecular flexibility index (Phi) is 6.23. The van der Waals surface area contributed by atoms with Gasteiger partial charge in [-0.1, -0.05) is 35.5 Å². The smallest absolute Gasteiger partial charge is 0.253 e. The van der Waals surface area contributed by atoms with E-state index >= 15 is 0 Å². The maximum Gasteiger partial charge on any atom is 0.253 e. The number of aliphatic imine (C=N–C) groups is 1. The average molecular weight is 366 g/mol. The molecule has 2 rings (SSSR count). The van der Waals surface area contributed by atoms with Crippen LogP contribution in [0.3, 0.4) is 0 Å². The molecule has 0 radical (unpaired) electrons. The normalized spacial score (nSPS) is 11.4. The van der Waals surface area contributed by atoms with Crippen LogP contribution in [0.5, 0.6) is 0 Å². The van der Waals surface area contributed by atoms with Crippen molar-refractivity contribution in [2.24, 2.45) is 10.7 Å². The molecule has 0 saturated heterocycles. The Morgan fingerprint density at radius 2 is 2.04 bits per heavy atom. The number of carbonyl (C=O) groups is 1. The molecule has 0 saturated carbocycles. The van der Waals surface area contributed by atoms with Crippen LogP contribution < -0.4 is 5.73 Å². The van der Waals surface area contributed by atoms with Gasteiger partial charge in [0.05, 0.1) is 10.7 Å². The van der Waals surface area contributed by atoms with Crippen LogP contribution in [-0.2, 0) is 5.75 Å². The molecule has 1 amide bonds. The number of rotatable bonds is 4. The van der Waals surface area contributed by atoms with Gasteiger partial charge in [-0.2, -0.15) is 0 Å². The molecule has 2 aromatic rings. The molecule has 0 aliphatic heterocycles. The zero-order chi connectivity index (χ0) is 17.7. The summed E-state index contributed by atoms with van der Waals surface area (Å²) in [6, 6.07) is 11.5. The Balaban J connectivity index is 2.04. The summed E-state index contributed by atoms with van der Waals surface area (Å²) in [6.45, 7) is 0. The van der Waals surface area contributed by atoms with Gasteiger partial charge >= 0.3 is 0 Å². The Labute approximate surface area is 149 Å². The summed E-state index contributed by atoms with van der Waals surface area (Å²) in [6.07, 6.45) is 0. The first-order valence-corrected chi connectivity index (χ1v) is 8.46. The molecule has 0 fully saturated rings. The summed E-state index contributed by atoms with van der Waals surface area (Å²) in [5.41, 5.74) is 7.96. The largest absolute Gasteiger partial charge is 0.378 e. The Morgan fingerprint density at radius 1 is 1.29 bits per heavy atom. The molecule has 0 unspecified atom stereocenters. The van der Waals surface area contributed by atoms with Crippen LogP contribution in [0.2, 0.25) is 5.02 Å². The van der Waals surface area contributed by atoms with E-state index in [0.717, 1.165) is 5.56 Å². The standard InChI is InChI=1S/C17H17ClFN3OS/c1-22(2)16(23)12-5-3-4-11(8-12)10-24-17(20)21-13-6-7-15(19)14(18)9-13/h3-9H,10H2,1-2H3,(H2,20,21). The molecule has 4 nitrogen and oxygen atoms in total. The third-order valence-electron chi connectivity index (χ3n) is 3.11. The van der Waals surface area contributed by atoms with E-state index in [2.05, 4.69) is 4.99 Å².